The predicted octanol–water partition coefficient (Wildman–Crippen LogP) is 3.14. The molecule has 0 saturated carbocycles. The van der Waals surface area contributed by atoms with Crippen molar-refractivity contribution in [3.05, 3.63) is 29.8 Å². The van der Waals surface area contributed by atoms with Gasteiger partial charge in [-0.2, -0.15) is 0 Å². The van der Waals surface area contributed by atoms with Crippen molar-refractivity contribution in [2.75, 3.05) is 26.2 Å². The van der Waals surface area contributed by atoms with Crippen molar-refractivity contribution in [3.8, 4) is 0 Å². The number of nitrogens with one attached hydrogen (secondary N) is 1. The summed E-state index contributed by atoms with van der Waals surface area (Å²) in [5.74, 6) is 0. The summed E-state index contributed by atoms with van der Waals surface area (Å²) in [5, 5.41) is 0. The lowest BCUT2D eigenvalue weighted by molar-refractivity contribution is 0.290. The van der Waals surface area contributed by atoms with Gasteiger partial charge in [0.25, 0.3) is 0 Å². The van der Waals surface area contributed by atoms with Gasteiger partial charge in [-0.1, -0.05) is 45.7 Å². The first-order valence-corrected chi connectivity index (χ1v) is 10.1. The lowest BCUT2D eigenvalue weighted by Gasteiger charge is -2.20. The highest BCUT2D eigenvalue weighted by molar-refractivity contribution is 7.89. The van der Waals surface area contributed by atoms with Crippen LogP contribution < -0.4 is 4.72 Å². The second-order valence-electron chi connectivity index (χ2n) is 7.43. The highest BCUT2D eigenvalue weighted by Gasteiger charge is 2.17. The van der Waals surface area contributed by atoms with E-state index in [1.165, 1.54) is 25.7 Å². The number of sulfonamides is 1. The van der Waals surface area contributed by atoms with Crippen molar-refractivity contribution in [2.24, 2.45) is 0 Å². The van der Waals surface area contributed by atoms with E-state index in [-0.39, 0.29) is 5.41 Å². The molecule has 1 aromatic carbocycles. The normalized spacial score (nSPS) is 17.9. The highest BCUT2D eigenvalue weighted by Crippen LogP contribution is 2.23. The maximum Gasteiger partial charge on any atom is 0.240 e. The second-order valence-corrected chi connectivity index (χ2v) is 9.19. The summed E-state index contributed by atoms with van der Waals surface area (Å²) in [5.41, 5.74) is 1.17. The molecule has 0 unspecified atom stereocenters. The van der Waals surface area contributed by atoms with Crippen LogP contribution >= 0.6 is 0 Å². The Morgan fingerprint density at radius 2 is 1.57 bits per heavy atom. The standard InChI is InChI=1S/C18H30N2O2S/c1-18(2,3)16-8-10-17(11-9-16)23(21,22)19-12-15-20-13-6-4-5-7-14-20/h8-11,19H,4-7,12-15H2,1-3H3. The van der Waals surface area contributed by atoms with Gasteiger partial charge in [-0.25, -0.2) is 13.1 Å². The van der Waals surface area contributed by atoms with Crippen LogP contribution in [0.25, 0.3) is 0 Å². The minimum absolute atomic E-state index is 0.0302. The van der Waals surface area contributed by atoms with Crippen LogP contribution in [0.4, 0.5) is 0 Å². The van der Waals surface area contributed by atoms with Gasteiger partial charge >= 0.3 is 0 Å². The molecule has 0 aliphatic carbocycles. The maximum absolute atomic E-state index is 12.4. The SMILES string of the molecule is CC(C)(C)c1ccc(S(=O)(=O)NCCN2CCCCCC2)cc1. The number of benzene rings is 1. The van der Waals surface area contributed by atoms with Gasteiger partial charge in [-0.3, -0.25) is 0 Å². The van der Waals surface area contributed by atoms with E-state index in [4.69, 9.17) is 0 Å². The molecule has 0 amide bonds. The Hall–Kier alpha value is -0.910. The fourth-order valence-electron chi connectivity index (χ4n) is 2.92. The van der Waals surface area contributed by atoms with E-state index in [9.17, 15) is 8.42 Å². The Balaban J connectivity index is 1.90. The van der Waals surface area contributed by atoms with Crippen LogP contribution in [0.3, 0.4) is 0 Å². The molecule has 0 radical (unpaired) electrons. The quantitative estimate of drug-likeness (QED) is 0.897. The summed E-state index contributed by atoms with van der Waals surface area (Å²) in [7, 11) is -3.41. The molecule has 1 fully saturated rings. The smallest absolute Gasteiger partial charge is 0.240 e. The molecule has 0 bridgehead atoms. The topological polar surface area (TPSA) is 49.4 Å². The first kappa shape index (κ1) is 18.4. The third-order valence-electron chi connectivity index (χ3n) is 4.45. The molecular weight excluding hydrogens is 308 g/mol. The molecule has 23 heavy (non-hydrogen) atoms. The highest BCUT2D eigenvalue weighted by atomic mass is 32.2. The number of nitrogens with zero attached hydrogens (tertiary/aromatic N) is 1. The summed E-state index contributed by atoms with van der Waals surface area (Å²) in [4.78, 5) is 2.71. The van der Waals surface area contributed by atoms with Crippen LogP contribution in [0, 0.1) is 0 Å². The Bertz CT molecular complexity index is 580. The van der Waals surface area contributed by atoms with Crippen molar-refractivity contribution in [2.45, 2.75) is 56.8 Å². The van der Waals surface area contributed by atoms with Gasteiger partial charge < -0.3 is 4.90 Å². The molecule has 5 heteroatoms. The van der Waals surface area contributed by atoms with Gasteiger partial charge in [0.2, 0.25) is 10.0 Å². The zero-order valence-electron chi connectivity index (χ0n) is 14.6. The van der Waals surface area contributed by atoms with E-state index in [0.717, 1.165) is 25.2 Å². The minimum atomic E-state index is -3.41. The molecule has 1 aliphatic rings. The number of hydrogen-bond acceptors (Lipinski definition) is 3. The van der Waals surface area contributed by atoms with Crippen LogP contribution in [0.5, 0.6) is 0 Å². The average molecular weight is 339 g/mol. The van der Waals surface area contributed by atoms with Crippen molar-refractivity contribution in [3.63, 3.8) is 0 Å². The Kier molecular flexibility index (Phi) is 6.23. The molecule has 0 atom stereocenters. The van der Waals surface area contributed by atoms with Crippen LogP contribution in [0.15, 0.2) is 29.2 Å². The van der Waals surface area contributed by atoms with E-state index >= 15 is 0 Å². The molecule has 2 rings (SSSR count). The number of rotatable bonds is 5. The molecule has 1 N–H and O–H groups in total. The van der Waals surface area contributed by atoms with E-state index < -0.39 is 10.0 Å². The lowest BCUT2D eigenvalue weighted by Crippen LogP contribution is -2.35. The third kappa shape index (κ3) is 5.59. The first-order valence-electron chi connectivity index (χ1n) is 8.62. The zero-order chi connectivity index (χ0) is 16.9. The van der Waals surface area contributed by atoms with Gasteiger partial charge in [-0.05, 0) is 49.0 Å². The van der Waals surface area contributed by atoms with E-state index in [1.54, 1.807) is 12.1 Å². The van der Waals surface area contributed by atoms with Gasteiger partial charge in [-0.15, -0.1) is 0 Å². The van der Waals surface area contributed by atoms with Crippen LogP contribution in [-0.4, -0.2) is 39.5 Å². The Labute approximate surface area is 141 Å². The average Bonchev–Trinajstić information content (AvgIpc) is 2.75. The van der Waals surface area contributed by atoms with Gasteiger partial charge in [0.05, 0.1) is 4.90 Å². The number of hydrogen-bond donors (Lipinski definition) is 1. The van der Waals surface area contributed by atoms with Gasteiger partial charge in [0, 0.05) is 13.1 Å². The molecule has 1 aliphatic heterocycles. The second kappa shape index (κ2) is 7.77. The summed E-state index contributed by atoms with van der Waals surface area (Å²) >= 11 is 0. The predicted molar refractivity (Wildman–Crippen MR) is 95.2 cm³/mol. The summed E-state index contributed by atoms with van der Waals surface area (Å²) in [6, 6.07) is 7.22. The van der Waals surface area contributed by atoms with Crippen molar-refractivity contribution in [1.82, 2.24) is 9.62 Å². The van der Waals surface area contributed by atoms with Crippen LogP contribution in [0.1, 0.15) is 52.0 Å². The summed E-state index contributed by atoms with van der Waals surface area (Å²) < 4.78 is 27.5. The molecule has 1 aromatic rings. The van der Waals surface area contributed by atoms with Gasteiger partial charge in [0.15, 0.2) is 0 Å². The van der Waals surface area contributed by atoms with Crippen LogP contribution in [-0.2, 0) is 15.4 Å². The lowest BCUT2D eigenvalue weighted by atomic mass is 9.87. The summed E-state index contributed by atoms with van der Waals surface area (Å²) in [6.45, 7) is 9.80. The van der Waals surface area contributed by atoms with Crippen molar-refractivity contribution in [1.29, 1.82) is 0 Å². The number of likely N-dealkylation sites (tertiary alicyclic amines) is 1. The molecule has 130 valence electrons. The monoisotopic (exact) mass is 338 g/mol. The molecule has 1 saturated heterocycles. The zero-order valence-corrected chi connectivity index (χ0v) is 15.5. The van der Waals surface area contributed by atoms with Crippen molar-refractivity contribution >= 4 is 10.0 Å². The Morgan fingerprint density at radius 3 is 2.09 bits per heavy atom. The first-order chi connectivity index (χ1) is 10.8. The molecule has 0 aromatic heterocycles. The maximum atomic E-state index is 12.4. The van der Waals surface area contributed by atoms with Gasteiger partial charge in [0.1, 0.15) is 0 Å². The molecular formula is C18H30N2O2S. The third-order valence-corrected chi connectivity index (χ3v) is 5.93. The minimum Gasteiger partial charge on any atom is -0.302 e. The van der Waals surface area contributed by atoms with E-state index in [2.05, 4.69) is 30.4 Å². The van der Waals surface area contributed by atoms with Crippen LogP contribution in [0.2, 0.25) is 0 Å². The fourth-order valence-corrected chi connectivity index (χ4v) is 3.94. The van der Waals surface area contributed by atoms with Crippen molar-refractivity contribution < 1.29 is 8.42 Å². The molecule has 0 spiro atoms. The Morgan fingerprint density at radius 1 is 1.00 bits per heavy atom. The van der Waals surface area contributed by atoms with E-state index in [1.807, 2.05) is 12.1 Å². The van der Waals surface area contributed by atoms with E-state index in [0.29, 0.717) is 11.4 Å². The molecule has 4 nitrogen and oxygen atoms in total. The molecule has 1 heterocycles. The fraction of sp³-hybridized carbons (Fsp3) is 0.667. The largest absolute Gasteiger partial charge is 0.302 e. The summed E-state index contributed by atoms with van der Waals surface area (Å²) in [6.07, 6.45) is 5.03.